The van der Waals surface area contributed by atoms with Gasteiger partial charge in [0.25, 0.3) is 5.91 Å². The minimum absolute atomic E-state index is 0.144. The van der Waals surface area contributed by atoms with Gasteiger partial charge in [0.2, 0.25) is 0 Å². The van der Waals surface area contributed by atoms with Crippen LogP contribution in [0.2, 0.25) is 0 Å². The van der Waals surface area contributed by atoms with E-state index in [-0.39, 0.29) is 5.91 Å². The summed E-state index contributed by atoms with van der Waals surface area (Å²) < 4.78 is 1.73. The van der Waals surface area contributed by atoms with Gasteiger partial charge in [0.15, 0.2) is 0 Å². The molecule has 22 heavy (non-hydrogen) atoms. The van der Waals surface area contributed by atoms with Crippen LogP contribution in [0.25, 0.3) is 0 Å². The van der Waals surface area contributed by atoms with Gasteiger partial charge in [-0.15, -0.1) is 6.42 Å². The third kappa shape index (κ3) is 3.53. The topological polar surface area (TPSA) is 59.8 Å². The summed E-state index contributed by atoms with van der Waals surface area (Å²) in [6.45, 7) is 4.58. The van der Waals surface area contributed by atoms with E-state index in [0.717, 1.165) is 5.56 Å². The van der Waals surface area contributed by atoms with E-state index >= 15 is 0 Å². The molecule has 1 heterocycles. The van der Waals surface area contributed by atoms with Crippen molar-refractivity contribution in [3.05, 3.63) is 48.0 Å². The molecule has 0 fully saturated rings. The van der Waals surface area contributed by atoms with E-state index in [1.165, 1.54) is 6.33 Å². The summed E-state index contributed by atoms with van der Waals surface area (Å²) in [5.74, 6) is 2.56. The van der Waals surface area contributed by atoms with Crippen LogP contribution in [0, 0.1) is 12.3 Å². The average molecular weight is 296 g/mol. The highest BCUT2D eigenvalue weighted by atomic mass is 16.1. The van der Waals surface area contributed by atoms with Crippen molar-refractivity contribution in [2.75, 3.05) is 0 Å². The zero-order chi connectivity index (χ0) is 16.0. The van der Waals surface area contributed by atoms with Crippen molar-refractivity contribution in [3.8, 4) is 12.3 Å². The van der Waals surface area contributed by atoms with Crippen molar-refractivity contribution in [2.24, 2.45) is 0 Å². The second-order valence-corrected chi connectivity index (χ2v) is 5.18. The Kier molecular flexibility index (Phi) is 4.95. The summed E-state index contributed by atoms with van der Waals surface area (Å²) in [5, 5.41) is 7.01. The Bertz CT molecular complexity index is 649. The van der Waals surface area contributed by atoms with Crippen molar-refractivity contribution in [1.82, 2.24) is 20.1 Å². The number of nitrogens with zero attached hydrogens (tertiary/aromatic N) is 3. The molecule has 1 aromatic heterocycles. The Balaban J connectivity index is 2.07. The van der Waals surface area contributed by atoms with E-state index in [9.17, 15) is 4.79 Å². The maximum atomic E-state index is 12.3. The van der Waals surface area contributed by atoms with E-state index in [2.05, 4.69) is 21.3 Å². The number of terminal acetylenes is 1. The van der Waals surface area contributed by atoms with Crippen LogP contribution in [-0.2, 0) is 6.54 Å². The molecule has 1 N–H and O–H groups in total. The Morgan fingerprint density at radius 3 is 2.50 bits per heavy atom. The van der Waals surface area contributed by atoms with Crippen molar-refractivity contribution in [3.63, 3.8) is 0 Å². The van der Waals surface area contributed by atoms with Crippen LogP contribution in [0.15, 0.2) is 36.9 Å². The lowest BCUT2D eigenvalue weighted by Gasteiger charge is -2.27. The molecular formula is C17H20N4O. The van der Waals surface area contributed by atoms with Gasteiger partial charge in [-0.2, -0.15) is 5.10 Å². The number of amides is 1. The summed E-state index contributed by atoms with van der Waals surface area (Å²) >= 11 is 0. The lowest BCUT2D eigenvalue weighted by atomic mass is 9.93. The molecule has 0 saturated heterocycles. The first-order valence-corrected chi connectivity index (χ1v) is 7.34. The highest BCUT2D eigenvalue weighted by molar-refractivity contribution is 5.95. The fourth-order valence-corrected chi connectivity index (χ4v) is 2.22. The number of carbonyl (C=O) groups excluding carboxylic acids is 1. The first kappa shape index (κ1) is 15.8. The molecule has 1 amide bonds. The lowest BCUT2D eigenvalue weighted by molar-refractivity contribution is 0.0916. The van der Waals surface area contributed by atoms with Crippen LogP contribution in [0.1, 0.15) is 42.6 Å². The summed E-state index contributed by atoms with van der Waals surface area (Å²) in [4.78, 5) is 16.2. The molecule has 5 heteroatoms. The van der Waals surface area contributed by atoms with Crippen molar-refractivity contribution in [2.45, 2.75) is 38.8 Å². The number of benzene rings is 1. The number of nitrogens with one attached hydrogen (secondary N) is 1. The molecule has 114 valence electrons. The summed E-state index contributed by atoms with van der Waals surface area (Å²) in [7, 11) is 0. The Labute approximate surface area is 130 Å². The average Bonchev–Trinajstić information content (AvgIpc) is 3.06. The van der Waals surface area contributed by atoms with Crippen LogP contribution in [0.5, 0.6) is 0 Å². The number of rotatable bonds is 6. The van der Waals surface area contributed by atoms with Crippen molar-refractivity contribution < 1.29 is 4.79 Å². The normalized spacial score (nSPS) is 11.0. The third-order valence-electron chi connectivity index (χ3n) is 3.86. The molecule has 1 aromatic carbocycles. The minimum atomic E-state index is -0.573. The molecule has 0 unspecified atom stereocenters. The predicted molar refractivity (Wildman–Crippen MR) is 85.2 cm³/mol. The Morgan fingerprint density at radius 2 is 2.00 bits per heavy atom. The molecule has 0 aliphatic heterocycles. The van der Waals surface area contributed by atoms with E-state index < -0.39 is 5.54 Å². The molecule has 2 aromatic rings. The summed E-state index contributed by atoms with van der Waals surface area (Å²) in [6, 6.07) is 7.42. The minimum Gasteiger partial charge on any atom is -0.336 e. The van der Waals surface area contributed by atoms with Gasteiger partial charge in [0.1, 0.15) is 18.2 Å². The van der Waals surface area contributed by atoms with Crippen LogP contribution in [0.4, 0.5) is 0 Å². The van der Waals surface area contributed by atoms with Crippen LogP contribution >= 0.6 is 0 Å². The van der Waals surface area contributed by atoms with Gasteiger partial charge < -0.3 is 5.32 Å². The second-order valence-electron chi connectivity index (χ2n) is 5.18. The number of aromatic nitrogens is 3. The van der Waals surface area contributed by atoms with Gasteiger partial charge in [-0.05, 0) is 30.5 Å². The van der Waals surface area contributed by atoms with Crippen molar-refractivity contribution >= 4 is 5.91 Å². The maximum absolute atomic E-state index is 12.3. The number of hydrogen-bond acceptors (Lipinski definition) is 3. The Hall–Kier alpha value is -2.61. The lowest BCUT2D eigenvalue weighted by Crippen LogP contribution is -2.46. The number of carbonyl (C=O) groups is 1. The standard InChI is InChI=1S/C17H20N4O/c1-4-17(5-2,6-3)20-16(22)15-9-7-14(8-10-15)11-21-13-18-12-19-21/h1,7-10,12-13H,5-6,11H2,2-3H3,(H,20,22). The molecule has 0 atom stereocenters. The van der Waals surface area contributed by atoms with Crippen LogP contribution < -0.4 is 5.32 Å². The zero-order valence-corrected chi connectivity index (χ0v) is 12.9. The van der Waals surface area contributed by atoms with Gasteiger partial charge in [0.05, 0.1) is 6.54 Å². The van der Waals surface area contributed by atoms with Crippen LogP contribution in [0.3, 0.4) is 0 Å². The van der Waals surface area contributed by atoms with E-state index in [4.69, 9.17) is 6.42 Å². The van der Waals surface area contributed by atoms with E-state index in [0.29, 0.717) is 24.9 Å². The van der Waals surface area contributed by atoms with Gasteiger partial charge in [-0.1, -0.05) is 31.9 Å². The Morgan fingerprint density at radius 1 is 1.32 bits per heavy atom. The zero-order valence-electron chi connectivity index (χ0n) is 12.9. The monoisotopic (exact) mass is 296 g/mol. The van der Waals surface area contributed by atoms with E-state index in [1.54, 1.807) is 23.1 Å². The third-order valence-corrected chi connectivity index (χ3v) is 3.86. The SMILES string of the molecule is C#CC(CC)(CC)NC(=O)c1ccc(Cn2cncn2)cc1. The molecule has 0 saturated carbocycles. The number of hydrogen-bond donors (Lipinski definition) is 1. The van der Waals surface area contributed by atoms with E-state index in [1.807, 2.05) is 26.0 Å². The molecule has 0 aliphatic rings. The fourth-order valence-electron chi connectivity index (χ4n) is 2.22. The second kappa shape index (κ2) is 6.90. The van der Waals surface area contributed by atoms with Crippen molar-refractivity contribution in [1.29, 1.82) is 0 Å². The molecule has 0 bridgehead atoms. The molecule has 5 nitrogen and oxygen atoms in total. The molecule has 2 rings (SSSR count). The molecule has 0 aliphatic carbocycles. The highest BCUT2D eigenvalue weighted by Gasteiger charge is 2.25. The van der Waals surface area contributed by atoms with Gasteiger partial charge in [-0.3, -0.25) is 4.79 Å². The largest absolute Gasteiger partial charge is 0.336 e. The highest BCUT2D eigenvalue weighted by Crippen LogP contribution is 2.15. The molecule has 0 radical (unpaired) electrons. The van der Waals surface area contributed by atoms with Gasteiger partial charge in [-0.25, -0.2) is 9.67 Å². The smallest absolute Gasteiger partial charge is 0.252 e. The quantitative estimate of drug-likeness (QED) is 0.832. The predicted octanol–water partition coefficient (Wildman–Crippen LogP) is 2.25. The molecular weight excluding hydrogens is 276 g/mol. The summed E-state index contributed by atoms with van der Waals surface area (Å²) in [5.41, 5.74) is 1.08. The first-order chi connectivity index (χ1) is 10.6. The van der Waals surface area contributed by atoms with Crippen LogP contribution in [-0.4, -0.2) is 26.2 Å². The first-order valence-electron chi connectivity index (χ1n) is 7.34. The summed E-state index contributed by atoms with van der Waals surface area (Å²) in [6.07, 6.45) is 10.1. The van der Waals surface area contributed by atoms with Gasteiger partial charge in [0, 0.05) is 5.56 Å². The fraction of sp³-hybridized carbons (Fsp3) is 0.353. The van der Waals surface area contributed by atoms with Gasteiger partial charge >= 0.3 is 0 Å². The molecule has 0 spiro atoms. The maximum Gasteiger partial charge on any atom is 0.252 e.